The molecule has 39 heavy (non-hydrogen) atoms. The number of anilines is 1. The van der Waals surface area contributed by atoms with Gasteiger partial charge in [0.05, 0.1) is 23.3 Å². The summed E-state index contributed by atoms with van der Waals surface area (Å²) in [5.41, 5.74) is 8.88. The number of nitrogens with two attached hydrogens (primary N) is 1. The van der Waals surface area contributed by atoms with Gasteiger partial charge in [0.25, 0.3) is 0 Å². The number of halogens is 2. The second kappa shape index (κ2) is 12.0. The molecule has 3 aromatic carbocycles. The SMILES string of the molecule is CCS(=O)(=O)N1c2ccc(OC3CCN(C(C)=N)CC3)cc2C[C@H]1c1ccc2ccc(C(=N)N)cc2c1.Cl.Cl. The number of nitrogen functional groups attached to an aromatic ring is 1. The number of amidine groups is 2. The van der Waals surface area contributed by atoms with Crippen molar-refractivity contribution in [3.8, 4) is 5.75 Å². The number of likely N-dealkylation sites (tertiary alicyclic amines) is 1. The second-order valence-corrected chi connectivity index (χ2v) is 12.0. The summed E-state index contributed by atoms with van der Waals surface area (Å²) >= 11 is 0. The Hall–Kier alpha value is -3.01. The number of hydrogen-bond donors (Lipinski definition) is 3. The van der Waals surface area contributed by atoms with Crippen LogP contribution in [0.1, 0.15) is 49.4 Å². The summed E-state index contributed by atoms with van der Waals surface area (Å²) in [6.45, 7) is 5.10. The number of nitrogens with zero attached hydrogens (tertiary/aromatic N) is 2. The summed E-state index contributed by atoms with van der Waals surface area (Å²) in [6.07, 6.45) is 2.34. The number of nitrogens with one attached hydrogen (secondary N) is 2. The fourth-order valence-corrected chi connectivity index (χ4v) is 6.69. The molecule has 0 aliphatic carbocycles. The van der Waals surface area contributed by atoms with Crippen molar-refractivity contribution in [3.63, 3.8) is 0 Å². The first kappa shape index (κ1) is 30.5. The molecule has 3 aromatic rings. The Kier molecular flexibility index (Phi) is 9.41. The third kappa shape index (κ3) is 6.10. The van der Waals surface area contributed by atoms with Crippen molar-refractivity contribution in [1.82, 2.24) is 4.90 Å². The molecular weight excluding hydrogens is 557 g/mol. The van der Waals surface area contributed by atoms with Crippen LogP contribution in [0.3, 0.4) is 0 Å². The van der Waals surface area contributed by atoms with Gasteiger partial charge in [0.15, 0.2) is 0 Å². The highest BCUT2D eigenvalue weighted by molar-refractivity contribution is 7.92. The predicted octanol–water partition coefficient (Wildman–Crippen LogP) is 5.26. The van der Waals surface area contributed by atoms with E-state index in [0.29, 0.717) is 23.5 Å². The highest BCUT2D eigenvalue weighted by Crippen LogP contribution is 2.44. The predicted molar refractivity (Wildman–Crippen MR) is 163 cm³/mol. The Morgan fingerprint density at radius 1 is 1.00 bits per heavy atom. The maximum Gasteiger partial charge on any atom is 0.235 e. The maximum atomic E-state index is 13.3. The standard InChI is InChI=1S/C28H33N5O3S.2ClH/c1-3-37(34,35)33-26-9-8-25(36-24-10-12-32(13-11-24)18(2)29)16-23(26)17-27(33)20-6-4-19-5-7-21(28(30)31)15-22(19)14-20;;/h4-9,14-16,24,27,29H,3,10-13,17H2,1-2H3,(H3,30,31);2*1H/t27-;;/m0../s1. The van der Waals surface area contributed by atoms with Crippen molar-refractivity contribution in [2.24, 2.45) is 5.73 Å². The third-order valence-electron chi connectivity index (χ3n) is 7.43. The van der Waals surface area contributed by atoms with E-state index >= 15 is 0 Å². The van der Waals surface area contributed by atoms with E-state index in [0.717, 1.165) is 53.6 Å². The van der Waals surface area contributed by atoms with Crippen LogP contribution in [-0.2, 0) is 16.4 Å². The van der Waals surface area contributed by atoms with Gasteiger partial charge < -0.3 is 15.4 Å². The molecular formula is C28H35Cl2N5O3S. The Morgan fingerprint density at radius 3 is 2.33 bits per heavy atom. The van der Waals surface area contributed by atoms with E-state index in [1.54, 1.807) is 11.2 Å². The summed E-state index contributed by atoms with van der Waals surface area (Å²) in [7, 11) is -3.53. The topological polar surface area (TPSA) is 124 Å². The minimum atomic E-state index is -3.53. The zero-order valence-corrected chi connectivity index (χ0v) is 24.5. The smallest absolute Gasteiger partial charge is 0.235 e. The van der Waals surface area contributed by atoms with Crippen LogP contribution in [0.4, 0.5) is 5.69 Å². The van der Waals surface area contributed by atoms with E-state index in [2.05, 4.69) is 4.90 Å². The molecule has 11 heteroatoms. The van der Waals surface area contributed by atoms with Gasteiger partial charge in [-0.05, 0) is 66.1 Å². The van der Waals surface area contributed by atoms with Crippen LogP contribution in [0.5, 0.6) is 5.75 Å². The largest absolute Gasteiger partial charge is 0.490 e. The number of hydrogen-bond acceptors (Lipinski definition) is 5. The van der Waals surface area contributed by atoms with Crippen LogP contribution in [0.2, 0.25) is 0 Å². The minimum absolute atomic E-state index is 0. The molecule has 2 aliphatic heterocycles. The van der Waals surface area contributed by atoms with Gasteiger partial charge in [-0.2, -0.15) is 0 Å². The number of sulfonamides is 1. The monoisotopic (exact) mass is 591 g/mol. The fourth-order valence-electron chi connectivity index (χ4n) is 5.35. The van der Waals surface area contributed by atoms with Gasteiger partial charge in [0.1, 0.15) is 17.7 Å². The lowest BCUT2D eigenvalue weighted by molar-refractivity contribution is 0.130. The molecule has 1 atom stereocenters. The molecule has 2 aliphatic rings. The number of rotatable bonds is 6. The summed E-state index contributed by atoms with van der Waals surface area (Å²) in [6, 6.07) is 17.0. The number of fused-ring (bicyclic) bond motifs is 2. The molecule has 2 heterocycles. The molecule has 1 fully saturated rings. The van der Waals surface area contributed by atoms with E-state index in [9.17, 15) is 8.42 Å². The van der Waals surface area contributed by atoms with Crippen molar-refractivity contribution in [2.45, 2.75) is 45.3 Å². The van der Waals surface area contributed by atoms with Crippen LogP contribution < -0.4 is 14.8 Å². The van der Waals surface area contributed by atoms with E-state index in [1.807, 2.05) is 61.5 Å². The molecule has 0 spiro atoms. The van der Waals surface area contributed by atoms with Crippen molar-refractivity contribution in [3.05, 3.63) is 71.3 Å². The quantitative estimate of drug-likeness (QED) is 0.266. The van der Waals surface area contributed by atoms with Gasteiger partial charge in [-0.1, -0.05) is 24.3 Å². The van der Waals surface area contributed by atoms with Crippen LogP contribution >= 0.6 is 24.8 Å². The van der Waals surface area contributed by atoms with Crippen molar-refractivity contribution >= 4 is 63.0 Å². The molecule has 0 amide bonds. The summed E-state index contributed by atoms with van der Waals surface area (Å²) < 4.78 is 34.4. The highest BCUT2D eigenvalue weighted by Gasteiger charge is 2.38. The molecule has 0 radical (unpaired) electrons. The molecule has 8 nitrogen and oxygen atoms in total. The first-order valence-corrected chi connectivity index (χ1v) is 14.3. The molecule has 0 aromatic heterocycles. The number of benzene rings is 3. The normalized spacial score (nSPS) is 17.2. The molecule has 5 rings (SSSR count). The average Bonchev–Trinajstić information content (AvgIpc) is 3.28. The van der Waals surface area contributed by atoms with Gasteiger partial charge in [-0.3, -0.25) is 15.1 Å². The Balaban J connectivity index is 0.00000210. The molecule has 210 valence electrons. The zero-order valence-electron chi connectivity index (χ0n) is 22.0. The van der Waals surface area contributed by atoms with Crippen molar-refractivity contribution < 1.29 is 13.2 Å². The van der Waals surface area contributed by atoms with Crippen LogP contribution in [0.15, 0.2) is 54.6 Å². The Bertz CT molecular complexity index is 1490. The number of piperidine rings is 1. The fraction of sp³-hybridized carbons (Fsp3) is 0.357. The lowest BCUT2D eigenvalue weighted by atomic mass is 9.98. The molecule has 0 unspecified atom stereocenters. The average molecular weight is 593 g/mol. The number of ether oxygens (including phenoxy) is 1. The van der Waals surface area contributed by atoms with Crippen molar-refractivity contribution in [1.29, 1.82) is 10.8 Å². The Labute approximate surface area is 242 Å². The molecule has 4 N–H and O–H groups in total. The highest BCUT2D eigenvalue weighted by atomic mass is 35.5. The van der Waals surface area contributed by atoms with Gasteiger partial charge >= 0.3 is 0 Å². The van der Waals surface area contributed by atoms with E-state index < -0.39 is 10.0 Å². The van der Waals surface area contributed by atoms with E-state index in [1.165, 1.54) is 0 Å². The summed E-state index contributed by atoms with van der Waals surface area (Å²) in [4.78, 5) is 2.06. The molecule has 0 bridgehead atoms. The van der Waals surface area contributed by atoms with Crippen LogP contribution in [0, 0.1) is 10.8 Å². The van der Waals surface area contributed by atoms with Gasteiger partial charge in [-0.15, -0.1) is 24.8 Å². The lowest BCUT2D eigenvalue weighted by Gasteiger charge is -2.33. The second-order valence-electron chi connectivity index (χ2n) is 9.83. The van der Waals surface area contributed by atoms with E-state index in [4.69, 9.17) is 21.3 Å². The maximum absolute atomic E-state index is 13.3. The van der Waals surface area contributed by atoms with Crippen LogP contribution in [-0.4, -0.2) is 49.9 Å². The van der Waals surface area contributed by atoms with Crippen molar-refractivity contribution in [2.75, 3.05) is 23.1 Å². The summed E-state index contributed by atoms with van der Waals surface area (Å²) in [5, 5.41) is 17.5. The summed E-state index contributed by atoms with van der Waals surface area (Å²) in [5.74, 6) is 1.35. The zero-order chi connectivity index (χ0) is 26.3. The first-order valence-electron chi connectivity index (χ1n) is 12.7. The van der Waals surface area contributed by atoms with Gasteiger partial charge in [-0.25, -0.2) is 8.42 Å². The lowest BCUT2D eigenvalue weighted by Crippen LogP contribution is -2.40. The Morgan fingerprint density at radius 2 is 1.69 bits per heavy atom. The van der Waals surface area contributed by atoms with E-state index in [-0.39, 0.29) is 48.5 Å². The minimum Gasteiger partial charge on any atom is -0.490 e. The first-order chi connectivity index (χ1) is 17.7. The molecule has 1 saturated heterocycles. The third-order valence-corrected chi connectivity index (χ3v) is 9.21. The van der Waals surface area contributed by atoms with Gasteiger partial charge in [0.2, 0.25) is 10.0 Å². The van der Waals surface area contributed by atoms with Crippen LogP contribution in [0.25, 0.3) is 10.8 Å². The molecule has 0 saturated carbocycles. The van der Waals surface area contributed by atoms with Gasteiger partial charge in [0, 0.05) is 37.9 Å².